The van der Waals surface area contributed by atoms with Crippen LogP contribution in [0.25, 0.3) is 21.8 Å². The molecular formula is C19H19Cl3N4. The summed E-state index contributed by atoms with van der Waals surface area (Å²) in [6.07, 6.45) is 0.935. The third-order valence-electron chi connectivity index (χ3n) is 4.42. The molecule has 0 spiro atoms. The highest BCUT2D eigenvalue weighted by Crippen LogP contribution is 2.29. The van der Waals surface area contributed by atoms with E-state index >= 15 is 0 Å². The van der Waals surface area contributed by atoms with Gasteiger partial charge >= 0.3 is 0 Å². The molecule has 2 aromatic heterocycles. The lowest BCUT2D eigenvalue weighted by Gasteiger charge is -1.98. The first kappa shape index (κ1) is 19.0. The molecule has 0 aliphatic heterocycles. The monoisotopic (exact) mass is 408 g/mol. The first-order valence-corrected chi connectivity index (χ1v) is 9.34. The van der Waals surface area contributed by atoms with Gasteiger partial charge in [-0.15, -0.1) is 0 Å². The van der Waals surface area contributed by atoms with Gasteiger partial charge in [0.2, 0.25) is 0 Å². The second-order valence-corrected chi connectivity index (χ2v) is 7.33. The summed E-state index contributed by atoms with van der Waals surface area (Å²) < 4.78 is 3.73. The van der Waals surface area contributed by atoms with Gasteiger partial charge in [0.05, 0.1) is 21.1 Å². The molecule has 2 heterocycles. The van der Waals surface area contributed by atoms with Crippen LogP contribution in [-0.2, 0) is 20.5 Å². The van der Waals surface area contributed by atoms with Crippen LogP contribution < -0.4 is 0 Å². The number of hydrogen-bond acceptors (Lipinski definition) is 2. The minimum absolute atomic E-state index is 0.555. The predicted octanol–water partition coefficient (Wildman–Crippen LogP) is 5.98. The number of fused-ring (bicyclic) bond motifs is 2. The van der Waals surface area contributed by atoms with E-state index in [2.05, 4.69) is 17.1 Å². The zero-order valence-corrected chi connectivity index (χ0v) is 17.3. The van der Waals surface area contributed by atoms with E-state index in [0.717, 1.165) is 38.9 Å². The highest BCUT2D eigenvalue weighted by Gasteiger charge is 2.09. The molecule has 0 saturated heterocycles. The highest BCUT2D eigenvalue weighted by molar-refractivity contribution is 6.42. The Morgan fingerprint density at radius 3 is 2.19 bits per heavy atom. The molecule has 136 valence electrons. The first-order chi connectivity index (χ1) is 12.3. The summed E-state index contributed by atoms with van der Waals surface area (Å²) in [5.41, 5.74) is 4.23. The highest BCUT2D eigenvalue weighted by atomic mass is 35.5. The third-order valence-corrected chi connectivity index (χ3v) is 5.38. The third kappa shape index (κ3) is 3.54. The van der Waals surface area contributed by atoms with Crippen LogP contribution in [0, 0.1) is 6.92 Å². The molecule has 4 rings (SSSR count). The summed E-state index contributed by atoms with van der Waals surface area (Å²) >= 11 is 17.7. The van der Waals surface area contributed by atoms with Crippen LogP contribution >= 0.6 is 34.8 Å². The quantitative estimate of drug-likeness (QED) is 0.388. The molecule has 0 fully saturated rings. The van der Waals surface area contributed by atoms with Crippen molar-refractivity contribution < 1.29 is 0 Å². The van der Waals surface area contributed by atoms with Crippen molar-refractivity contribution in [2.24, 2.45) is 14.1 Å². The van der Waals surface area contributed by atoms with Crippen LogP contribution in [0.5, 0.6) is 0 Å². The van der Waals surface area contributed by atoms with Gasteiger partial charge in [-0.1, -0.05) is 41.7 Å². The Bertz CT molecular complexity index is 1100. The summed E-state index contributed by atoms with van der Waals surface area (Å²) in [6, 6.07) is 9.42. The SMILES string of the molecule is CCc1c2cc(Cl)c(Cl)cc2nn1C.Cc1c2cc(Cl)ccc2nn1C. The Balaban J connectivity index is 0.000000152. The molecule has 7 heteroatoms. The van der Waals surface area contributed by atoms with Crippen LogP contribution in [0.2, 0.25) is 15.1 Å². The minimum atomic E-state index is 0.555. The zero-order valence-electron chi connectivity index (χ0n) is 15.0. The fourth-order valence-corrected chi connectivity index (χ4v) is 3.46. The average molecular weight is 410 g/mol. The van der Waals surface area contributed by atoms with Crippen LogP contribution in [0.4, 0.5) is 0 Å². The van der Waals surface area contributed by atoms with Gasteiger partial charge in [-0.25, -0.2) is 0 Å². The van der Waals surface area contributed by atoms with Gasteiger partial charge in [0, 0.05) is 41.3 Å². The Morgan fingerprint density at radius 2 is 1.50 bits per heavy atom. The van der Waals surface area contributed by atoms with Crippen molar-refractivity contribution in [3.63, 3.8) is 0 Å². The van der Waals surface area contributed by atoms with E-state index in [-0.39, 0.29) is 0 Å². The van der Waals surface area contributed by atoms with E-state index in [1.807, 2.05) is 54.6 Å². The molecule has 2 aromatic carbocycles. The minimum Gasteiger partial charge on any atom is -0.272 e. The number of rotatable bonds is 1. The van der Waals surface area contributed by atoms with E-state index in [4.69, 9.17) is 34.8 Å². The van der Waals surface area contributed by atoms with Gasteiger partial charge in [0.25, 0.3) is 0 Å². The normalized spacial score (nSPS) is 11.0. The smallest absolute Gasteiger partial charge is 0.0942 e. The maximum Gasteiger partial charge on any atom is 0.0942 e. The van der Waals surface area contributed by atoms with Gasteiger partial charge in [-0.2, -0.15) is 10.2 Å². The first-order valence-electron chi connectivity index (χ1n) is 8.21. The Labute approximate surface area is 167 Å². The lowest BCUT2D eigenvalue weighted by molar-refractivity contribution is 0.728. The molecule has 0 amide bonds. The van der Waals surface area contributed by atoms with Gasteiger partial charge in [0.15, 0.2) is 0 Å². The fourth-order valence-electron chi connectivity index (χ4n) is 2.96. The molecule has 0 aliphatic carbocycles. The molecule has 0 aliphatic rings. The van der Waals surface area contributed by atoms with Gasteiger partial charge in [0.1, 0.15) is 0 Å². The lowest BCUT2D eigenvalue weighted by atomic mass is 10.2. The summed E-state index contributed by atoms with van der Waals surface area (Å²) in [4.78, 5) is 0. The molecule has 0 N–H and O–H groups in total. The van der Waals surface area contributed by atoms with E-state index in [9.17, 15) is 0 Å². The van der Waals surface area contributed by atoms with Gasteiger partial charge < -0.3 is 0 Å². The number of aryl methyl sites for hydroxylation is 4. The number of aromatic nitrogens is 4. The van der Waals surface area contributed by atoms with Gasteiger partial charge in [-0.3, -0.25) is 9.36 Å². The predicted molar refractivity (Wildman–Crippen MR) is 111 cm³/mol. The average Bonchev–Trinajstić information content (AvgIpc) is 3.05. The van der Waals surface area contributed by atoms with Crippen molar-refractivity contribution in [2.45, 2.75) is 20.3 Å². The molecule has 0 radical (unpaired) electrons. The molecular weight excluding hydrogens is 391 g/mol. The van der Waals surface area contributed by atoms with Crippen LogP contribution in [0.3, 0.4) is 0 Å². The van der Waals surface area contributed by atoms with Crippen molar-refractivity contribution in [3.8, 4) is 0 Å². The number of halogens is 3. The van der Waals surface area contributed by atoms with Gasteiger partial charge in [-0.05, 0) is 43.7 Å². The Hall–Kier alpha value is -1.75. The van der Waals surface area contributed by atoms with Crippen molar-refractivity contribution in [2.75, 3.05) is 0 Å². The molecule has 26 heavy (non-hydrogen) atoms. The fraction of sp³-hybridized carbons (Fsp3) is 0.263. The van der Waals surface area contributed by atoms with Crippen LogP contribution in [0.15, 0.2) is 30.3 Å². The Kier molecular flexibility index (Phi) is 5.47. The summed E-state index contributed by atoms with van der Waals surface area (Å²) in [5.74, 6) is 0. The van der Waals surface area contributed by atoms with E-state index in [1.54, 1.807) is 6.07 Å². The summed E-state index contributed by atoms with van der Waals surface area (Å²) in [6.45, 7) is 4.13. The second-order valence-electron chi connectivity index (χ2n) is 6.08. The standard InChI is InChI=1S/C10H10Cl2N2.C9H9ClN2/c1-3-10-6-4-7(11)8(12)5-9(6)13-14(10)2;1-6-8-5-7(10)3-4-9(8)11-12(6)2/h4-5H,3H2,1-2H3;3-5H,1-2H3. The summed E-state index contributed by atoms with van der Waals surface area (Å²) in [5, 5.41) is 12.8. The molecule has 0 atom stereocenters. The van der Waals surface area contributed by atoms with E-state index in [0.29, 0.717) is 10.0 Å². The van der Waals surface area contributed by atoms with Crippen molar-refractivity contribution >= 4 is 56.6 Å². The van der Waals surface area contributed by atoms with Crippen LogP contribution in [0.1, 0.15) is 18.3 Å². The summed E-state index contributed by atoms with van der Waals surface area (Å²) in [7, 11) is 3.86. The topological polar surface area (TPSA) is 35.6 Å². The molecule has 4 aromatic rings. The largest absolute Gasteiger partial charge is 0.272 e. The Morgan fingerprint density at radius 1 is 0.846 bits per heavy atom. The van der Waals surface area contributed by atoms with E-state index < -0.39 is 0 Å². The lowest BCUT2D eigenvalue weighted by Crippen LogP contribution is -1.95. The second kappa shape index (κ2) is 7.47. The van der Waals surface area contributed by atoms with Crippen molar-refractivity contribution in [1.29, 1.82) is 0 Å². The van der Waals surface area contributed by atoms with Crippen molar-refractivity contribution in [1.82, 2.24) is 19.6 Å². The zero-order chi connectivity index (χ0) is 19.0. The molecule has 0 saturated carbocycles. The number of hydrogen-bond donors (Lipinski definition) is 0. The maximum absolute atomic E-state index is 5.96. The molecule has 0 unspecified atom stereocenters. The van der Waals surface area contributed by atoms with E-state index in [1.165, 1.54) is 5.69 Å². The number of nitrogens with zero attached hydrogens (tertiary/aromatic N) is 4. The van der Waals surface area contributed by atoms with Crippen LogP contribution in [-0.4, -0.2) is 19.6 Å². The molecule has 0 bridgehead atoms. The molecule has 4 nitrogen and oxygen atoms in total. The maximum atomic E-state index is 5.96. The van der Waals surface area contributed by atoms with Crippen molar-refractivity contribution in [3.05, 3.63) is 56.8 Å². The number of benzene rings is 2.